The molecule has 1 N–H and O–H groups in total. The number of hydrogen-bond donors (Lipinski definition) is 1. The molecule has 0 fully saturated rings. The summed E-state index contributed by atoms with van der Waals surface area (Å²) in [5.74, 6) is 0.730. The van der Waals surface area contributed by atoms with Crippen LogP contribution in [-0.2, 0) is 12.8 Å². The Balaban J connectivity index is 1.67. The number of nitrogens with one attached hydrogen (secondary N) is 1. The second-order valence-corrected chi connectivity index (χ2v) is 7.16. The highest BCUT2D eigenvalue weighted by Gasteiger charge is 2.20. The molecule has 4 nitrogen and oxygen atoms in total. The first kappa shape index (κ1) is 14.9. The predicted molar refractivity (Wildman–Crippen MR) is 97.1 cm³/mol. The van der Waals surface area contributed by atoms with Gasteiger partial charge in [0.15, 0.2) is 5.82 Å². The van der Waals surface area contributed by atoms with Crippen molar-refractivity contribution in [2.45, 2.75) is 19.3 Å². The summed E-state index contributed by atoms with van der Waals surface area (Å²) >= 11 is 14.0. The Morgan fingerprint density at radius 1 is 1.17 bits per heavy atom. The van der Waals surface area contributed by atoms with Gasteiger partial charge in [-0.1, -0.05) is 29.3 Å². The molecule has 2 heterocycles. The average molecular weight is 363 g/mol. The van der Waals surface area contributed by atoms with Crippen LogP contribution in [-0.4, -0.2) is 16.2 Å². The second-order valence-electron chi connectivity index (χ2n) is 5.27. The molecule has 0 atom stereocenters. The van der Waals surface area contributed by atoms with E-state index in [1.54, 1.807) is 42.1 Å². The summed E-state index contributed by atoms with van der Waals surface area (Å²) in [5.41, 5.74) is 5.06. The van der Waals surface area contributed by atoms with Gasteiger partial charge in [-0.15, -0.1) is 11.3 Å². The molecule has 116 valence electrons. The normalized spacial score (nSPS) is 13.8. The van der Waals surface area contributed by atoms with Gasteiger partial charge in [0.25, 0.3) is 0 Å². The Labute approximate surface area is 147 Å². The van der Waals surface area contributed by atoms with Gasteiger partial charge in [-0.25, -0.2) is 9.97 Å². The molecular weight excluding hydrogens is 351 g/mol. The van der Waals surface area contributed by atoms with E-state index in [2.05, 4.69) is 20.5 Å². The number of anilines is 1. The number of thiophene rings is 1. The maximum Gasteiger partial charge on any atom is 0.158 e. The van der Waals surface area contributed by atoms with E-state index in [0.717, 1.165) is 28.9 Å². The van der Waals surface area contributed by atoms with E-state index >= 15 is 0 Å². The van der Waals surface area contributed by atoms with Crippen LogP contribution in [0, 0.1) is 0 Å². The number of nitrogens with zero attached hydrogens (tertiary/aromatic N) is 3. The first-order valence-corrected chi connectivity index (χ1v) is 8.79. The van der Waals surface area contributed by atoms with Crippen molar-refractivity contribution in [2.24, 2.45) is 5.10 Å². The predicted octanol–water partition coefficient (Wildman–Crippen LogP) is 4.93. The zero-order valence-electron chi connectivity index (χ0n) is 12.0. The Morgan fingerprint density at radius 2 is 2.00 bits per heavy atom. The van der Waals surface area contributed by atoms with E-state index in [4.69, 9.17) is 23.2 Å². The van der Waals surface area contributed by atoms with E-state index in [9.17, 15) is 0 Å². The molecule has 2 aromatic heterocycles. The van der Waals surface area contributed by atoms with Gasteiger partial charge in [0.1, 0.15) is 11.2 Å². The zero-order valence-corrected chi connectivity index (χ0v) is 14.3. The highest BCUT2D eigenvalue weighted by atomic mass is 35.5. The fraction of sp³-hybridized carbons (Fsp3) is 0.188. The largest absolute Gasteiger partial charge is 0.261 e. The van der Waals surface area contributed by atoms with Gasteiger partial charge in [-0.2, -0.15) is 5.10 Å². The molecule has 0 aliphatic heterocycles. The van der Waals surface area contributed by atoms with Gasteiger partial charge in [0.05, 0.1) is 21.6 Å². The van der Waals surface area contributed by atoms with Crippen LogP contribution in [0.4, 0.5) is 5.82 Å². The van der Waals surface area contributed by atoms with Crippen LogP contribution in [0.15, 0.2) is 29.6 Å². The van der Waals surface area contributed by atoms with Gasteiger partial charge in [0, 0.05) is 10.4 Å². The zero-order chi connectivity index (χ0) is 15.8. The topological polar surface area (TPSA) is 50.2 Å². The molecule has 1 aliphatic rings. The lowest BCUT2D eigenvalue weighted by Crippen LogP contribution is -1.96. The Kier molecular flexibility index (Phi) is 3.93. The van der Waals surface area contributed by atoms with Crippen LogP contribution in [0.5, 0.6) is 0 Å². The molecule has 23 heavy (non-hydrogen) atoms. The summed E-state index contributed by atoms with van der Waals surface area (Å²) in [4.78, 5) is 11.1. The molecule has 1 aromatic carbocycles. The van der Waals surface area contributed by atoms with Crippen LogP contribution in [0.2, 0.25) is 10.0 Å². The van der Waals surface area contributed by atoms with Crippen molar-refractivity contribution >= 4 is 56.8 Å². The number of hydrazone groups is 1. The summed E-state index contributed by atoms with van der Waals surface area (Å²) in [6.07, 6.45) is 6.59. The molecule has 4 rings (SSSR count). The summed E-state index contributed by atoms with van der Waals surface area (Å²) < 4.78 is 0. The van der Waals surface area contributed by atoms with Crippen LogP contribution < -0.4 is 5.43 Å². The van der Waals surface area contributed by atoms with Gasteiger partial charge in [-0.05, 0) is 37.0 Å². The summed E-state index contributed by atoms with van der Waals surface area (Å²) in [6, 6.07) is 5.37. The molecule has 0 radical (unpaired) electrons. The Bertz CT molecular complexity index is 900. The van der Waals surface area contributed by atoms with Crippen LogP contribution in [0.25, 0.3) is 10.2 Å². The van der Waals surface area contributed by atoms with Crippen molar-refractivity contribution in [3.63, 3.8) is 0 Å². The smallest absolute Gasteiger partial charge is 0.158 e. The number of rotatable bonds is 3. The van der Waals surface area contributed by atoms with Crippen molar-refractivity contribution in [1.82, 2.24) is 9.97 Å². The van der Waals surface area contributed by atoms with Gasteiger partial charge in [0.2, 0.25) is 0 Å². The summed E-state index contributed by atoms with van der Waals surface area (Å²) in [7, 11) is 0. The van der Waals surface area contributed by atoms with Crippen molar-refractivity contribution in [2.75, 3.05) is 5.43 Å². The van der Waals surface area contributed by atoms with E-state index in [1.807, 2.05) is 0 Å². The maximum atomic E-state index is 6.14. The van der Waals surface area contributed by atoms with E-state index in [1.165, 1.54) is 16.9 Å². The lowest BCUT2D eigenvalue weighted by molar-refractivity contribution is 0.917. The molecule has 0 bridgehead atoms. The van der Waals surface area contributed by atoms with Crippen molar-refractivity contribution in [3.8, 4) is 0 Å². The monoisotopic (exact) mass is 362 g/mol. The number of fused-ring (bicyclic) bond motifs is 3. The first-order chi connectivity index (χ1) is 11.2. The third-order valence-electron chi connectivity index (χ3n) is 3.87. The minimum absolute atomic E-state index is 0.562. The summed E-state index contributed by atoms with van der Waals surface area (Å²) in [5, 5.41) is 6.47. The van der Waals surface area contributed by atoms with Crippen molar-refractivity contribution < 1.29 is 0 Å². The standard InChI is InChI=1S/C16H12Cl2N4S/c17-11-4-2-5-12(18)10(11)7-21-22-15-14-9-3-1-6-13(9)23-16(14)20-8-19-15/h2,4-5,7-8H,1,3,6H2,(H,19,20,22)/b21-7+. The third-order valence-corrected chi connectivity index (χ3v) is 5.72. The van der Waals surface area contributed by atoms with Gasteiger partial charge < -0.3 is 0 Å². The van der Waals surface area contributed by atoms with Crippen molar-refractivity contribution in [3.05, 3.63) is 50.6 Å². The van der Waals surface area contributed by atoms with Crippen LogP contribution >= 0.6 is 34.5 Å². The lowest BCUT2D eigenvalue weighted by Gasteiger charge is -2.04. The fourth-order valence-electron chi connectivity index (χ4n) is 2.81. The van der Waals surface area contributed by atoms with Crippen molar-refractivity contribution in [1.29, 1.82) is 0 Å². The molecule has 7 heteroatoms. The number of aryl methyl sites for hydroxylation is 2. The minimum atomic E-state index is 0.562. The maximum absolute atomic E-state index is 6.14. The Morgan fingerprint density at radius 3 is 2.83 bits per heavy atom. The number of benzene rings is 1. The van der Waals surface area contributed by atoms with Crippen LogP contribution in [0.1, 0.15) is 22.4 Å². The first-order valence-electron chi connectivity index (χ1n) is 7.22. The quantitative estimate of drug-likeness (QED) is 0.530. The van der Waals surface area contributed by atoms with Crippen LogP contribution in [0.3, 0.4) is 0 Å². The molecular formula is C16H12Cl2N4S. The average Bonchev–Trinajstić information content (AvgIpc) is 3.11. The molecule has 0 amide bonds. The molecule has 0 unspecified atom stereocenters. The SMILES string of the molecule is Clc1cccc(Cl)c1/C=N/Nc1ncnc2sc3c(c12)CCC3. The highest BCUT2D eigenvalue weighted by molar-refractivity contribution is 7.19. The lowest BCUT2D eigenvalue weighted by atomic mass is 10.2. The van der Waals surface area contributed by atoms with E-state index < -0.39 is 0 Å². The van der Waals surface area contributed by atoms with E-state index in [0.29, 0.717) is 15.6 Å². The van der Waals surface area contributed by atoms with Gasteiger partial charge in [-0.3, -0.25) is 5.43 Å². The molecule has 0 saturated heterocycles. The third kappa shape index (κ3) is 2.69. The Hall–Kier alpha value is -1.69. The van der Waals surface area contributed by atoms with E-state index in [-0.39, 0.29) is 0 Å². The summed E-state index contributed by atoms with van der Waals surface area (Å²) in [6.45, 7) is 0. The highest BCUT2D eigenvalue weighted by Crippen LogP contribution is 2.39. The fourth-order valence-corrected chi connectivity index (χ4v) is 4.53. The molecule has 1 aliphatic carbocycles. The number of hydrogen-bond acceptors (Lipinski definition) is 5. The second kappa shape index (κ2) is 6.07. The number of halogens is 2. The van der Waals surface area contributed by atoms with Gasteiger partial charge >= 0.3 is 0 Å². The molecule has 0 spiro atoms. The molecule has 3 aromatic rings. The number of aromatic nitrogens is 2. The minimum Gasteiger partial charge on any atom is -0.261 e. The molecule has 0 saturated carbocycles.